The quantitative estimate of drug-likeness (QED) is 0.164. The van der Waals surface area contributed by atoms with Crippen LogP contribution in [0.1, 0.15) is 17.3 Å². The fourth-order valence-electron chi connectivity index (χ4n) is 1.25. The van der Waals surface area contributed by atoms with Crippen molar-refractivity contribution in [3.05, 3.63) is 44.6 Å². The Bertz CT molecular complexity index is 602. The van der Waals surface area contributed by atoms with Crippen LogP contribution in [0.5, 0.6) is 0 Å². The van der Waals surface area contributed by atoms with Gasteiger partial charge in [-0.05, 0) is 28.9 Å². The van der Waals surface area contributed by atoms with Crippen LogP contribution in [-0.2, 0) is 9.53 Å². The summed E-state index contributed by atoms with van der Waals surface area (Å²) in [7, 11) is 0. The number of Topliss-reactive ketones (excluding diaryl/α,β-unsaturated/α-hetero) is 1. The summed E-state index contributed by atoms with van der Waals surface area (Å²) in [6, 6.07) is 0.535. The molecule has 0 amide bonds. The number of aliphatic carboxylic acids is 1. The van der Waals surface area contributed by atoms with Crippen LogP contribution in [0, 0.1) is 11.6 Å². The lowest BCUT2D eigenvalue weighted by atomic mass is 10.0. The first-order valence-electron chi connectivity index (χ1n) is 5.24. The molecule has 0 spiro atoms. The molecular formula is C12H8BrClF2O4. The van der Waals surface area contributed by atoms with E-state index < -0.39 is 44.0 Å². The number of carbonyl (C=O) groups excluding carboxylic acids is 1. The van der Waals surface area contributed by atoms with Gasteiger partial charge in [0, 0.05) is 5.56 Å². The molecule has 0 atom stereocenters. The van der Waals surface area contributed by atoms with E-state index in [4.69, 9.17) is 21.4 Å². The zero-order chi connectivity index (χ0) is 15.4. The summed E-state index contributed by atoms with van der Waals surface area (Å²) in [6.07, 6.45) is 0.732. The second-order valence-electron chi connectivity index (χ2n) is 3.47. The van der Waals surface area contributed by atoms with Gasteiger partial charge in [-0.25, -0.2) is 13.6 Å². The van der Waals surface area contributed by atoms with Crippen molar-refractivity contribution in [2.75, 3.05) is 6.61 Å². The second kappa shape index (κ2) is 6.81. The van der Waals surface area contributed by atoms with Crippen molar-refractivity contribution in [2.45, 2.75) is 6.92 Å². The first-order chi connectivity index (χ1) is 9.31. The first kappa shape index (κ1) is 16.6. The van der Waals surface area contributed by atoms with E-state index in [1.165, 1.54) is 0 Å². The van der Waals surface area contributed by atoms with Crippen molar-refractivity contribution in [2.24, 2.45) is 0 Å². The summed E-state index contributed by atoms with van der Waals surface area (Å²) in [6.45, 7) is 1.72. The number of rotatable bonds is 5. The minimum Gasteiger partial charge on any atom is -0.500 e. The molecule has 0 fully saturated rings. The second-order valence-corrected chi connectivity index (χ2v) is 4.64. The van der Waals surface area contributed by atoms with Crippen molar-refractivity contribution in [3.63, 3.8) is 0 Å². The Kier molecular flexibility index (Phi) is 5.64. The molecule has 1 rings (SSSR count). The van der Waals surface area contributed by atoms with Crippen molar-refractivity contribution in [1.29, 1.82) is 0 Å². The molecule has 108 valence electrons. The molecule has 0 aromatic heterocycles. The standard InChI is InChI=1S/C12H8BrClF2O4/c1-2-20-4-6(12(18)19)11(17)5-3-7(15)10(16)8(13)9(5)14/h3-4H,2H2,1H3,(H,18,19). The van der Waals surface area contributed by atoms with Crippen LogP contribution in [0.25, 0.3) is 0 Å². The predicted molar refractivity (Wildman–Crippen MR) is 70.7 cm³/mol. The van der Waals surface area contributed by atoms with E-state index in [0.717, 1.165) is 6.26 Å². The molecule has 1 N–H and O–H groups in total. The molecule has 20 heavy (non-hydrogen) atoms. The van der Waals surface area contributed by atoms with E-state index >= 15 is 0 Å². The van der Waals surface area contributed by atoms with Gasteiger partial charge >= 0.3 is 5.97 Å². The maximum Gasteiger partial charge on any atom is 0.342 e. The number of carboxylic acid groups (broad SMARTS) is 1. The van der Waals surface area contributed by atoms with Crippen LogP contribution >= 0.6 is 27.5 Å². The minimum atomic E-state index is -1.57. The Morgan fingerprint density at radius 1 is 1.50 bits per heavy atom. The molecule has 1 aromatic carbocycles. The Morgan fingerprint density at radius 2 is 2.10 bits per heavy atom. The van der Waals surface area contributed by atoms with Crippen LogP contribution in [-0.4, -0.2) is 23.5 Å². The zero-order valence-corrected chi connectivity index (χ0v) is 12.4. The molecule has 0 aliphatic carbocycles. The molecule has 4 nitrogen and oxygen atoms in total. The number of ketones is 1. The van der Waals surface area contributed by atoms with Crippen LogP contribution in [0.2, 0.25) is 5.02 Å². The summed E-state index contributed by atoms with van der Waals surface area (Å²) in [5.41, 5.74) is -1.22. The van der Waals surface area contributed by atoms with Gasteiger partial charge in [0.25, 0.3) is 0 Å². The van der Waals surface area contributed by atoms with Crippen LogP contribution in [0.3, 0.4) is 0 Å². The van der Waals surface area contributed by atoms with E-state index in [1.54, 1.807) is 6.92 Å². The molecule has 1 aromatic rings. The molecule has 0 bridgehead atoms. The highest BCUT2D eigenvalue weighted by Crippen LogP contribution is 2.32. The van der Waals surface area contributed by atoms with E-state index in [1.807, 2.05) is 0 Å². The van der Waals surface area contributed by atoms with Gasteiger partial charge in [0.2, 0.25) is 5.78 Å². The molecular weight excluding hydrogens is 361 g/mol. The maximum atomic E-state index is 13.3. The Balaban J connectivity index is 3.37. The molecule has 8 heteroatoms. The number of hydrogen-bond acceptors (Lipinski definition) is 3. The fraction of sp³-hybridized carbons (Fsp3) is 0.167. The predicted octanol–water partition coefficient (Wildman–Crippen LogP) is 3.57. The van der Waals surface area contributed by atoms with E-state index in [-0.39, 0.29) is 6.61 Å². The summed E-state index contributed by atoms with van der Waals surface area (Å²) in [5, 5.41) is 8.51. The van der Waals surface area contributed by atoms with E-state index in [9.17, 15) is 18.4 Å². The molecule has 0 aliphatic heterocycles. The summed E-state index contributed by atoms with van der Waals surface area (Å²) in [4.78, 5) is 23.0. The van der Waals surface area contributed by atoms with Crippen LogP contribution in [0.4, 0.5) is 8.78 Å². The summed E-state index contributed by atoms with van der Waals surface area (Å²) in [5.74, 6) is -5.25. The monoisotopic (exact) mass is 368 g/mol. The maximum absolute atomic E-state index is 13.3. The highest BCUT2D eigenvalue weighted by molar-refractivity contribution is 9.10. The number of hydrogen-bond donors (Lipinski definition) is 1. The first-order valence-corrected chi connectivity index (χ1v) is 6.41. The van der Waals surface area contributed by atoms with E-state index in [2.05, 4.69) is 15.9 Å². The molecule has 0 aliphatic rings. The lowest BCUT2D eigenvalue weighted by Gasteiger charge is -2.08. The average molecular weight is 370 g/mol. The van der Waals surface area contributed by atoms with Crippen LogP contribution < -0.4 is 0 Å². The highest BCUT2D eigenvalue weighted by atomic mass is 79.9. The van der Waals surface area contributed by atoms with Gasteiger partial charge < -0.3 is 9.84 Å². The number of carboxylic acids is 1. The highest BCUT2D eigenvalue weighted by Gasteiger charge is 2.26. The SMILES string of the molecule is CCOC=C(C(=O)O)C(=O)c1cc(F)c(F)c(Br)c1Cl. The molecule has 0 saturated carbocycles. The van der Waals surface area contributed by atoms with Gasteiger partial charge in [0.1, 0.15) is 11.8 Å². The van der Waals surface area contributed by atoms with Gasteiger partial charge in [0.15, 0.2) is 11.6 Å². The topological polar surface area (TPSA) is 63.6 Å². The smallest absolute Gasteiger partial charge is 0.342 e. The van der Waals surface area contributed by atoms with Crippen molar-refractivity contribution < 1.29 is 28.2 Å². The molecule has 0 saturated heterocycles. The lowest BCUT2D eigenvalue weighted by Crippen LogP contribution is -2.14. The number of benzene rings is 1. The molecule has 0 unspecified atom stereocenters. The van der Waals surface area contributed by atoms with Gasteiger partial charge in [0.05, 0.1) is 16.1 Å². The average Bonchev–Trinajstić information content (AvgIpc) is 2.40. The Hall–Kier alpha value is -1.47. The Morgan fingerprint density at radius 3 is 2.60 bits per heavy atom. The summed E-state index contributed by atoms with van der Waals surface area (Å²) >= 11 is 8.40. The van der Waals surface area contributed by atoms with Gasteiger partial charge in [-0.2, -0.15) is 0 Å². The van der Waals surface area contributed by atoms with Crippen LogP contribution in [0.15, 0.2) is 22.4 Å². The number of ether oxygens (including phenoxy) is 1. The van der Waals surface area contributed by atoms with Gasteiger partial charge in [-0.15, -0.1) is 0 Å². The number of carbonyl (C=O) groups is 2. The molecule has 0 heterocycles. The van der Waals surface area contributed by atoms with E-state index in [0.29, 0.717) is 6.07 Å². The minimum absolute atomic E-state index is 0.138. The van der Waals surface area contributed by atoms with Crippen molar-refractivity contribution in [1.82, 2.24) is 0 Å². The zero-order valence-electron chi connectivity index (χ0n) is 10.0. The third-order valence-corrected chi connectivity index (χ3v) is 3.56. The van der Waals surface area contributed by atoms with Gasteiger partial charge in [-0.3, -0.25) is 4.79 Å². The Labute approximate surface area is 126 Å². The summed E-state index contributed by atoms with van der Waals surface area (Å²) < 4.78 is 30.8. The number of halogens is 4. The van der Waals surface area contributed by atoms with Crippen molar-refractivity contribution in [3.8, 4) is 0 Å². The normalized spacial score (nSPS) is 11.3. The van der Waals surface area contributed by atoms with Gasteiger partial charge in [-0.1, -0.05) is 11.6 Å². The van der Waals surface area contributed by atoms with Crippen molar-refractivity contribution >= 4 is 39.3 Å². The third-order valence-electron chi connectivity index (χ3n) is 2.19. The lowest BCUT2D eigenvalue weighted by molar-refractivity contribution is -0.132. The fourth-order valence-corrected chi connectivity index (χ4v) is 1.88. The largest absolute Gasteiger partial charge is 0.500 e. The molecule has 0 radical (unpaired) electrons. The third kappa shape index (κ3) is 3.34.